The molecule has 1 fully saturated rings. The molecule has 14 heavy (non-hydrogen) atoms. The molecule has 0 aromatic carbocycles. The molecule has 74 valence electrons. The molecule has 0 unspecified atom stereocenters. The number of hydrogen-bond donors (Lipinski definition) is 0. The Hall–Kier alpha value is -1.34. The van der Waals surface area contributed by atoms with E-state index in [9.17, 15) is 0 Å². The number of aromatic nitrogens is 1. The van der Waals surface area contributed by atoms with Crippen LogP contribution in [0.4, 0.5) is 0 Å². The van der Waals surface area contributed by atoms with E-state index >= 15 is 0 Å². The van der Waals surface area contributed by atoms with Crippen molar-refractivity contribution < 1.29 is 9.15 Å². The van der Waals surface area contributed by atoms with Crippen molar-refractivity contribution in [3.8, 4) is 6.07 Å². The lowest BCUT2D eigenvalue weighted by atomic mass is 10.0. The van der Waals surface area contributed by atoms with Crippen molar-refractivity contribution in [2.45, 2.75) is 25.2 Å². The van der Waals surface area contributed by atoms with E-state index in [1.807, 2.05) is 6.07 Å². The maximum atomic E-state index is 8.48. The Morgan fingerprint density at radius 2 is 2.29 bits per heavy atom. The lowest BCUT2D eigenvalue weighted by Crippen LogP contribution is -2.14. The number of rotatable bonds is 2. The summed E-state index contributed by atoms with van der Waals surface area (Å²) in [4.78, 5) is 4.19. The van der Waals surface area contributed by atoms with Crippen LogP contribution in [0.15, 0.2) is 10.6 Å². The Morgan fingerprint density at radius 1 is 1.50 bits per heavy atom. The highest BCUT2D eigenvalue weighted by Crippen LogP contribution is 2.26. The summed E-state index contributed by atoms with van der Waals surface area (Å²) in [5.41, 5.74) is 0. The second-order valence-corrected chi connectivity index (χ2v) is 3.39. The molecule has 0 amide bonds. The average Bonchev–Trinajstić information content (AvgIpc) is 2.68. The smallest absolute Gasteiger partial charge is 0.197 e. The fraction of sp³-hybridized carbons (Fsp3) is 0.600. The van der Waals surface area contributed by atoms with Gasteiger partial charge in [-0.1, -0.05) is 0 Å². The van der Waals surface area contributed by atoms with Gasteiger partial charge < -0.3 is 9.15 Å². The largest absolute Gasteiger partial charge is 0.444 e. The van der Waals surface area contributed by atoms with E-state index in [0.717, 1.165) is 31.9 Å². The maximum absolute atomic E-state index is 8.48. The fourth-order valence-corrected chi connectivity index (χ4v) is 1.62. The summed E-state index contributed by atoms with van der Waals surface area (Å²) in [5, 5.41) is 8.48. The van der Waals surface area contributed by atoms with Gasteiger partial charge in [0.05, 0.1) is 18.7 Å². The van der Waals surface area contributed by atoms with Gasteiger partial charge in [0.25, 0.3) is 0 Å². The lowest BCUT2D eigenvalue weighted by Gasteiger charge is -2.18. The van der Waals surface area contributed by atoms with Crippen LogP contribution in [0.3, 0.4) is 0 Å². The number of hydrogen-bond acceptors (Lipinski definition) is 4. The van der Waals surface area contributed by atoms with Crippen molar-refractivity contribution >= 4 is 0 Å². The van der Waals surface area contributed by atoms with E-state index in [2.05, 4.69) is 4.98 Å². The summed E-state index contributed by atoms with van der Waals surface area (Å²) in [6, 6.07) is 2.04. The zero-order valence-electron chi connectivity index (χ0n) is 7.90. The van der Waals surface area contributed by atoms with Crippen LogP contribution in [0.1, 0.15) is 30.4 Å². The van der Waals surface area contributed by atoms with Gasteiger partial charge in [0.1, 0.15) is 5.76 Å². The summed E-state index contributed by atoms with van der Waals surface area (Å²) in [6.45, 7) is 1.56. The van der Waals surface area contributed by atoms with Crippen LogP contribution in [0.5, 0.6) is 0 Å². The van der Waals surface area contributed by atoms with Gasteiger partial charge in [-0.15, -0.1) is 0 Å². The van der Waals surface area contributed by atoms with Gasteiger partial charge in [-0.25, -0.2) is 4.98 Å². The van der Waals surface area contributed by atoms with Crippen molar-refractivity contribution in [2.24, 2.45) is 0 Å². The Kier molecular flexibility index (Phi) is 2.80. The molecule has 2 heterocycles. The van der Waals surface area contributed by atoms with E-state index in [1.165, 1.54) is 0 Å². The molecule has 0 atom stereocenters. The van der Waals surface area contributed by atoms with Crippen molar-refractivity contribution in [2.75, 3.05) is 13.2 Å². The van der Waals surface area contributed by atoms with E-state index in [4.69, 9.17) is 14.4 Å². The SMILES string of the molecule is N#CCc1cnc(C2CCOCC2)o1. The Labute approximate surface area is 82.5 Å². The third-order valence-electron chi connectivity index (χ3n) is 2.40. The van der Waals surface area contributed by atoms with E-state index in [1.54, 1.807) is 6.20 Å². The molecule has 4 heteroatoms. The molecule has 1 aliphatic heterocycles. The molecule has 1 aromatic rings. The Balaban J connectivity index is 2.04. The highest BCUT2D eigenvalue weighted by molar-refractivity contribution is 5.03. The van der Waals surface area contributed by atoms with Crippen LogP contribution in [0, 0.1) is 11.3 Å². The first-order valence-electron chi connectivity index (χ1n) is 4.79. The standard InChI is InChI=1S/C10H12N2O2/c11-4-1-9-7-12-10(14-9)8-2-5-13-6-3-8/h7-8H,1-3,5-6H2. The molecule has 0 spiro atoms. The average molecular weight is 192 g/mol. The van der Waals surface area contributed by atoms with Gasteiger partial charge in [0, 0.05) is 19.1 Å². The molecule has 0 bridgehead atoms. The summed E-state index contributed by atoms with van der Waals surface area (Å²) in [5.74, 6) is 1.80. The van der Waals surface area contributed by atoms with Crippen molar-refractivity contribution in [3.05, 3.63) is 17.8 Å². The third-order valence-corrected chi connectivity index (χ3v) is 2.40. The van der Waals surface area contributed by atoms with Gasteiger partial charge in [-0.05, 0) is 12.8 Å². The second kappa shape index (κ2) is 4.25. The molecule has 0 aliphatic carbocycles. The minimum absolute atomic E-state index is 0.302. The molecular weight excluding hydrogens is 180 g/mol. The molecule has 4 nitrogen and oxygen atoms in total. The monoisotopic (exact) mass is 192 g/mol. The normalized spacial score (nSPS) is 17.9. The molecule has 1 aromatic heterocycles. The van der Waals surface area contributed by atoms with E-state index in [0.29, 0.717) is 18.1 Å². The first-order chi connectivity index (χ1) is 6.90. The van der Waals surface area contributed by atoms with Crippen LogP contribution in [0.2, 0.25) is 0 Å². The Bertz CT molecular complexity index is 334. The molecule has 0 N–H and O–H groups in total. The van der Waals surface area contributed by atoms with Gasteiger partial charge in [0.2, 0.25) is 0 Å². The quantitative estimate of drug-likeness (QED) is 0.714. The van der Waals surface area contributed by atoms with Crippen LogP contribution >= 0.6 is 0 Å². The number of nitrogens with zero attached hydrogens (tertiary/aromatic N) is 2. The zero-order valence-corrected chi connectivity index (χ0v) is 7.90. The van der Waals surface area contributed by atoms with Crippen LogP contribution in [-0.2, 0) is 11.2 Å². The van der Waals surface area contributed by atoms with Gasteiger partial charge in [0.15, 0.2) is 5.89 Å². The molecular formula is C10H12N2O2. The van der Waals surface area contributed by atoms with E-state index in [-0.39, 0.29) is 0 Å². The third kappa shape index (κ3) is 1.94. The van der Waals surface area contributed by atoms with Crippen LogP contribution < -0.4 is 0 Å². The van der Waals surface area contributed by atoms with Crippen LogP contribution in [-0.4, -0.2) is 18.2 Å². The topological polar surface area (TPSA) is 59.0 Å². The lowest BCUT2D eigenvalue weighted by molar-refractivity contribution is 0.0792. The minimum Gasteiger partial charge on any atom is -0.444 e. The molecule has 0 radical (unpaired) electrons. The molecule has 1 aliphatic rings. The van der Waals surface area contributed by atoms with Gasteiger partial charge >= 0.3 is 0 Å². The summed E-state index contributed by atoms with van der Waals surface area (Å²) in [6.07, 6.45) is 3.88. The first-order valence-corrected chi connectivity index (χ1v) is 4.79. The Morgan fingerprint density at radius 3 is 3.00 bits per heavy atom. The summed E-state index contributed by atoms with van der Waals surface area (Å²) >= 11 is 0. The fourth-order valence-electron chi connectivity index (χ4n) is 1.62. The summed E-state index contributed by atoms with van der Waals surface area (Å²) < 4.78 is 10.7. The van der Waals surface area contributed by atoms with Gasteiger partial charge in [-0.3, -0.25) is 0 Å². The summed E-state index contributed by atoms with van der Waals surface area (Å²) in [7, 11) is 0. The first kappa shape index (κ1) is 9.22. The zero-order chi connectivity index (χ0) is 9.80. The predicted octanol–water partition coefficient (Wildman–Crippen LogP) is 1.63. The number of nitriles is 1. The van der Waals surface area contributed by atoms with Crippen molar-refractivity contribution in [1.29, 1.82) is 5.26 Å². The van der Waals surface area contributed by atoms with Crippen molar-refractivity contribution in [1.82, 2.24) is 4.98 Å². The second-order valence-electron chi connectivity index (χ2n) is 3.39. The highest BCUT2D eigenvalue weighted by atomic mass is 16.5. The van der Waals surface area contributed by atoms with Gasteiger partial charge in [-0.2, -0.15) is 5.26 Å². The molecule has 0 saturated carbocycles. The number of ether oxygens (including phenoxy) is 1. The van der Waals surface area contributed by atoms with Crippen LogP contribution in [0.25, 0.3) is 0 Å². The molecule has 1 saturated heterocycles. The molecule has 2 rings (SSSR count). The number of oxazole rings is 1. The minimum atomic E-state index is 0.302. The highest BCUT2D eigenvalue weighted by Gasteiger charge is 2.20. The van der Waals surface area contributed by atoms with Crippen molar-refractivity contribution in [3.63, 3.8) is 0 Å². The van der Waals surface area contributed by atoms with E-state index < -0.39 is 0 Å². The maximum Gasteiger partial charge on any atom is 0.197 e. The predicted molar refractivity (Wildman–Crippen MR) is 48.6 cm³/mol.